The van der Waals surface area contributed by atoms with Crippen LogP contribution in [0, 0.1) is 6.92 Å². The lowest BCUT2D eigenvalue weighted by Gasteiger charge is -2.29. The van der Waals surface area contributed by atoms with Gasteiger partial charge in [-0.3, -0.25) is 4.79 Å². The van der Waals surface area contributed by atoms with E-state index in [2.05, 4.69) is 36.8 Å². The zero-order valence-electron chi connectivity index (χ0n) is 11.6. The van der Waals surface area contributed by atoms with E-state index in [-0.39, 0.29) is 11.7 Å². The predicted octanol–water partition coefficient (Wildman–Crippen LogP) is 3.66. The van der Waals surface area contributed by atoms with Crippen molar-refractivity contribution < 1.29 is 14.6 Å². The number of aryl methyl sites for hydroxylation is 1. The van der Waals surface area contributed by atoms with Crippen LogP contribution >= 0.6 is 31.9 Å². The van der Waals surface area contributed by atoms with Gasteiger partial charge in [-0.2, -0.15) is 0 Å². The number of anilines is 1. The first kappa shape index (κ1) is 15.3. The molecule has 0 bridgehead atoms. The van der Waals surface area contributed by atoms with E-state index in [9.17, 15) is 9.90 Å². The molecule has 0 spiro atoms. The van der Waals surface area contributed by atoms with Gasteiger partial charge in [-0.25, -0.2) is 4.98 Å². The Labute approximate surface area is 144 Å². The summed E-state index contributed by atoms with van der Waals surface area (Å²) < 4.78 is 6.44. The average Bonchev–Trinajstić information content (AvgIpc) is 2.50. The molecule has 3 rings (SSSR count). The molecular formula is C15H12Br2N2O3. The normalized spacial score (nSPS) is 13.5. The Morgan fingerprint density at radius 2 is 2.00 bits per heavy atom. The van der Waals surface area contributed by atoms with Crippen molar-refractivity contribution in [3.05, 3.63) is 44.5 Å². The van der Waals surface area contributed by atoms with E-state index in [4.69, 9.17) is 4.74 Å². The molecule has 0 aliphatic carbocycles. The third kappa shape index (κ3) is 2.70. The zero-order valence-corrected chi connectivity index (χ0v) is 14.8. The van der Waals surface area contributed by atoms with E-state index >= 15 is 0 Å². The van der Waals surface area contributed by atoms with Crippen LogP contribution in [0.3, 0.4) is 0 Å². The van der Waals surface area contributed by atoms with Gasteiger partial charge in [0.1, 0.15) is 18.0 Å². The highest BCUT2D eigenvalue weighted by Gasteiger charge is 2.26. The van der Waals surface area contributed by atoms with E-state index in [0.29, 0.717) is 39.2 Å². The van der Waals surface area contributed by atoms with Crippen molar-refractivity contribution >= 4 is 43.5 Å². The number of pyridine rings is 1. The maximum absolute atomic E-state index is 12.8. The van der Waals surface area contributed by atoms with Gasteiger partial charge in [-0.05, 0) is 63.0 Å². The molecule has 0 atom stereocenters. The summed E-state index contributed by atoms with van der Waals surface area (Å²) >= 11 is 6.49. The molecule has 22 heavy (non-hydrogen) atoms. The molecule has 7 heteroatoms. The highest BCUT2D eigenvalue weighted by Crippen LogP contribution is 2.35. The molecule has 0 fully saturated rings. The minimum Gasteiger partial charge on any atom is -0.506 e. The largest absolute Gasteiger partial charge is 0.506 e. The van der Waals surface area contributed by atoms with Gasteiger partial charge in [0.2, 0.25) is 5.88 Å². The predicted molar refractivity (Wildman–Crippen MR) is 89.7 cm³/mol. The molecule has 114 valence electrons. The molecule has 0 saturated carbocycles. The number of nitrogens with zero attached hydrogens (tertiary/aromatic N) is 2. The summed E-state index contributed by atoms with van der Waals surface area (Å²) in [7, 11) is 0. The molecule has 1 amide bonds. The van der Waals surface area contributed by atoms with Crippen LogP contribution in [0.5, 0.6) is 11.6 Å². The number of fused-ring (bicyclic) bond motifs is 1. The fraction of sp³-hybridized carbons (Fsp3) is 0.200. The number of halogens is 2. The number of amides is 1. The summed E-state index contributed by atoms with van der Waals surface area (Å²) in [4.78, 5) is 18.7. The topological polar surface area (TPSA) is 62.7 Å². The van der Waals surface area contributed by atoms with Crippen molar-refractivity contribution in [1.82, 2.24) is 4.98 Å². The number of aromatic nitrogens is 1. The Kier molecular flexibility index (Phi) is 4.10. The van der Waals surface area contributed by atoms with Gasteiger partial charge in [0.15, 0.2) is 0 Å². The Balaban J connectivity index is 2.01. The lowest BCUT2D eigenvalue weighted by molar-refractivity contribution is 0.0975. The second kappa shape index (κ2) is 5.89. The molecule has 5 nitrogen and oxygen atoms in total. The molecule has 1 aliphatic rings. The number of hydrogen-bond donors (Lipinski definition) is 1. The SMILES string of the molecule is Cc1ccc2c(n1)OCCN2C(=O)c1cc(Br)c(O)c(Br)c1. The monoisotopic (exact) mass is 426 g/mol. The standard InChI is InChI=1S/C15H12Br2N2O3/c1-8-2-3-12-14(18-8)22-5-4-19(12)15(21)9-6-10(16)13(20)11(17)7-9/h2-3,6-7,20H,4-5H2,1H3. The van der Waals surface area contributed by atoms with Crippen LogP contribution in [0.1, 0.15) is 16.1 Å². The molecule has 2 aromatic rings. The van der Waals surface area contributed by atoms with Crippen molar-refractivity contribution in [2.75, 3.05) is 18.1 Å². The first-order valence-corrected chi connectivity index (χ1v) is 8.16. The maximum atomic E-state index is 12.8. The minimum atomic E-state index is -0.170. The van der Waals surface area contributed by atoms with Gasteiger partial charge in [0, 0.05) is 11.3 Å². The first-order valence-electron chi connectivity index (χ1n) is 6.57. The van der Waals surface area contributed by atoms with Crippen molar-refractivity contribution in [2.45, 2.75) is 6.92 Å². The van der Waals surface area contributed by atoms with E-state index < -0.39 is 0 Å². The quantitative estimate of drug-likeness (QED) is 0.754. The van der Waals surface area contributed by atoms with Gasteiger partial charge in [-0.1, -0.05) is 0 Å². The number of hydrogen-bond acceptors (Lipinski definition) is 4. The second-order valence-electron chi connectivity index (χ2n) is 4.87. The van der Waals surface area contributed by atoms with Gasteiger partial charge in [0.05, 0.1) is 15.5 Å². The summed E-state index contributed by atoms with van der Waals surface area (Å²) in [5.41, 5.74) is 1.95. The smallest absolute Gasteiger partial charge is 0.258 e. The molecule has 1 aliphatic heterocycles. The number of carbonyl (C=O) groups excluding carboxylic acids is 1. The summed E-state index contributed by atoms with van der Waals surface area (Å²) in [6.45, 7) is 2.72. The van der Waals surface area contributed by atoms with Gasteiger partial charge in [-0.15, -0.1) is 0 Å². The fourth-order valence-electron chi connectivity index (χ4n) is 2.25. The van der Waals surface area contributed by atoms with Gasteiger partial charge in [0.25, 0.3) is 5.91 Å². The first-order chi connectivity index (χ1) is 10.5. The Morgan fingerprint density at radius 1 is 1.32 bits per heavy atom. The van der Waals surface area contributed by atoms with Crippen LogP contribution in [0.2, 0.25) is 0 Å². The second-order valence-corrected chi connectivity index (χ2v) is 6.58. The molecule has 1 aromatic carbocycles. The zero-order chi connectivity index (χ0) is 15.9. The number of aromatic hydroxyl groups is 1. The van der Waals surface area contributed by atoms with Crippen molar-refractivity contribution in [3.8, 4) is 11.6 Å². The number of phenolic OH excluding ortho intramolecular Hbond substituents is 1. The van der Waals surface area contributed by atoms with E-state index in [0.717, 1.165) is 5.69 Å². The summed E-state index contributed by atoms with van der Waals surface area (Å²) in [6.07, 6.45) is 0. The highest BCUT2D eigenvalue weighted by molar-refractivity contribution is 9.11. The van der Waals surface area contributed by atoms with Crippen molar-refractivity contribution in [3.63, 3.8) is 0 Å². The molecule has 0 radical (unpaired) electrons. The number of carbonyl (C=O) groups is 1. The molecule has 1 aromatic heterocycles. The van der Waals surface area contributed by atoms with Crippen LogP contribution in [0.25, 0.3) is 0 Å². The number of benzene rings is 1. The van der Waals surface area contributed by atoms with Crippen molar-refractivity contribution in [2.24, 2.45) is 0 Å². The number of rotatable bonds is 1. The summed E-state index contributed by atoms with van der Waals surface area (Å²) in [5.74, 6) is 0.365. The molecular weight excluding hydrogens is 416 g/mol. The molecule has 2 heterocycles. The number of phenols is 1. The highest BCUT2D eigenvalue weighted by atomic mass is 79.9. The van der Waals surface area contributed by atoms with Crippen molar-refractivity contribution in [1.29, 1.82) is 0 Å². The van der Waals surface area contributed by atoms with Crippen LogP contribution in [0.15, 0.2) is 33.2 Å². The van der Waals surface area contributed by atoms with E-state index in [1.165, 1.54) is 0 Å². The summed E-state index contributed by atoms with van der Waals surface area (Å²) in [6, 6.07) is 6.87. The lowest BCUT2D eigenvalue weighted by Crippen LogP contribution is -2.38. The van der Waals surface area contributed by atoms with Gasteiger partial charge < -0.3 is 14.7 Å². The minimum absolute atomic E-state index is 0.0659. The van der Waals surface area contributed by atoms with Crippen LogP contribution < -0.4 is 9.64 Å². The van der Waals surface area contributed by atoms with Crippen LogP contribution in [0.4, 0.5) is 5.69 Å². The van der Waals surface area contributed by atoms with E-state index in [1.54, 1.807) is 17.0 Å². The maximum Gasteiger partial charge on any atom is 0.258 e. The third-order valence-electron chi connectivity index (χ3n) is 3.33. The molecule has 0 unspecified atom stereocenters. The fourth-order valence-corrected chi connectivity index (χ4v) is 3.43. The van der Waals surface area contributed by atoms with E-state index in [1.807, 2.05) is 19.1 Å². The summed E-state index contributed by atoms with van der Waals surface area (Å²) in [5, 5.41) is 9.76. The molecule has 1 N–H and O–H groups in total. The third-order valence-corrected chi connectivity index (χ3v) is 4.54. The lowest BCUT2D eigenvalue weighted by atomic mass is 10.1. The Hall–Kier alpha value is -1.60. The van der Waals surface area contributed by atoms with Crippen LogP contribution in [-0.2, 0) is 0 Å². The van der Waals surface area contributed by atoms with Gasteiger partial charge >= 0.3 is 0 Å². The average molecular weight is 428 g/mol. The number of ether oxygens (including phenoxy) is 1. The molecule has 0 saturated heterocycles. The Bertz CT molecular complexity index is 741. The Morgan fingerprint density at radius 3 is 2.68 bits per heavy atom. The van der Waals surface area contributed by atoms with Crippen LogP contribution in [-0.4, -0.2) is 29.1 Å².